The van der Waals surface area contributed by atoms with Crippen LogP contribution in [0.25, 0.3) is 0 Å². The largest absolute Gasteiger partial charge is 0.384 e. The van der Waals surface area contributed by atoms with Crippen LogP contribution in [0.15, 0.2) is 12.2 Å². The van der Waals surface area contributed by atoms with E-state index in [1.807, 2.05) is 0 Å². The quantitative estimate of drug-likeness (QED) is 0.580. The number of hydrogen-bond acceptors (Lipinski definition) is 3. The highest BCUT2D eigenvalue weighted by Gasteiger charge is 2.55. The molecule has 3 fully saturated rings. The lowest BCUT2D eigenvalue weighted by Gasteiger charge is -2.52. The van der Waals surface area contributed by atoms with E-state index < -0.39 is 5.92 Å². The van der Waals surface area contributed by atoms with Gasteiger partial charge in [0.25, 0.3) is 0 Å². The van der Waals surface area contributed by atoms with Crippen molar-refractivity contribution in [2.75, 3.05) is 13.7 Å². The van der Waals surface area contributed by atoms with Gasteiger partial charge in [-0.3, -0.25) is 9.59 Å². The number of allylic oxidation sites excluding steroid dienone is 1. The van der Waals surface area contributed by atoms with Gasteiger partial charge in [-0.1, -0.05) is 26.3 Å². The molecular weight excluding hydrogens is 264 g/mol. The number of rotatable bonds is 2. The SMILES string of the molecule is C=C1CCC2C(C1=O)C(=O)C(COC)C1C(C)CCCC21. The van der Waals surface area contributed by atoms with Crippen molar-refractivity contribution in [3.05, 3.63) is 12.2 Å². The summed E-state index contributed by atoms with van der Waals surface area (Å²) in [5.41, 5.74) is 0.656. The molecule has 3 heteroatoms. The highest BCUT2D eigenvalue weighted by molar-refractivity contribution is 6.12. The Labute approximate surface area is 127 Å². The molecule has 0 amide bonds. The Morgan fingerprint density at radius 2 is 1.95 bits per heavy atom. The third-order valence-corrected chi connectivity index (χ3v) is 6.22. The van der Waals surface area contributed by atoms with Gasteiger partial charge in [0, 0.05) is 13.0 Å². The number of hydrogen-bond donors (Lipinski definition) is 0. The van der Waals surface area contributed by atoms with Gasteiger partial charge >= 0.3 is 0 Å². The van der Waals surface area contributed by atoms with E-state index >= 15 is 0 Å². The van der Waals surface area contributed by atoms with E-state index in [9.17, 15) is 9.59 Å². The first-order valence-corrected chi connectivity index (χ1v) is 8.31. The minimum Gasteiger partial charge on any atom is -0.384 e. The Hall–Kier alpha value is -0.960. The third kappa shape index (κ3) is 2.30. The second kappa shape index (κ2) is 5.68. The topological polar surface area (TPSA) is 43.4 Å². The molecule has 116 valence electrons. The van der Waals surface area contributed by atoms with Gasteiger partial charge in [0.1, 0.15) is 5.78 Å². The Morgan fingerprint density at radius 1 is 1.19 bits per heavy atom. The predicted molar refractivity (Wildman–Crippen MR) is 80.7 cm³/mol. The van der Waals surface area contributed by atoms with Crippen LogP contribution in [-0.4, -0.2) is 25.3 Å². The van der Waals surface area contributed by atoms with Crippen LogP contribution in [0.2, 0.25) is 0 Å². The molecule has 21 heavy (non-hydrogen) atoms. The van der Waals surface area contributed by atoms with E-state index in [0.717, 1.165) is 12.8 Å². The van der Waals surface area contributed by atoms with Gasteiger partial charge in [0.2, 0.25) is 0 Å². The number of fused-ring (bicyclic) bond motifs is 3. The summed E-state index contributed by atoms with van der Waals surface area (Å²) >= 11 is 0. The van der Waals surface area contributed by atoms with Gasteiger partial charge < -0.3 is 4.74 Å². The lowest BCUT2D eigenvalue weighted by Crippen LogP contribution is -2.55. The van der Waals surface area contributed by atoms with Crippen LogP contribution in [0, 0.1) is 35.5 Å². The lowest BCUT2D eigenvalue weighted by atomic mass is 9.51. The van der Waals surface area contributed by atoms with Crippen LogP contribution >= 0.6 is 0 Å². The standard InChI is InChI=1S/C18H26O3/c1-10-5-4-6-12-13-8-7-11(2)17(19)16(13)18(20)14(9-21-3)15(10)12/h10,12-16H,2,4-9H2,1,3H3. The maximum absolute atomic E-state index is 13.0. The number of Topliss-reactive ketones (excluding diaryl/α,β-unsaturated/α-hetero) is 2. The fraction of sp³-hybridized carbons (Fsp3) is 0.778. The van der Waals surface area contributed by atoms with E-state index in [1.165, 1.54) is 19.3 Å². The minimum atomic E-state index is -0.419. The van der Waals surface area contributed by atoms with E-state index in [-0.39, 0.29) is 23.4 Å². The summed E-state index contributed by atoms with van der Waals surface area (Å²) in [6.45, 7) is 6.62. The molecule has 6 atom stereocenters. The molecule has 0 N–H and O–H groups in total. The van der Waals surface area contributed by atoms with Crippen molar-refractivity contribution in [2.24, 2.45) is 35.5 Å². The summed E-state index contributed by atoms with van der Waals surface area (Å²) in [7, 11) is 1.66. The summed E-state index contributed by atoms with van der Waals surface area (Å²) in [6, 6.07) is 0. The number of ether oxygens (including phenoxy) is 1. The minimum absolute atomic E-state index is 0.0222. The Kier molecular flexibility index (Phi) is 4.04. The molecule has 3 rings (SSSR count). The third-order valence-electron chi connectivity index (χ3n) is 6.22. The summed E-state index contributed by atoms with van der Waals surface area (Å²) in [5.74, 6) is 1.41. The molecule has 0 saturated heterocycles. The molecule has 0 radical (unpaired) electrons. The highest BCUT2D eigenvalue weighted by Crippen LogP contribution is 2.53. The molecule has 0 spiro atoms. The van der Waals surface area contributed by atoms with Crippen LogP contribution in [0.3, 0.4) is 0 Å². The number of methoxy groups -OCH3 is 1. The zero-order valence-electron chi connectivity index (χ0n) is 13.1. The lowest BCUT2D eigenvalue weighted by molar-refractivity contribution is -0.152. The molecule has 0 heterocycles. The molecule has 0 bridgehead atoms. The van der Waals surface area contributed by atoms with Crippen molar-refractivity contribution < 1.29 is 14.3 Å². The summed E-state index contributed by atoms with van der Waals surface area (Å²) in [6.07, 6.45) is 5.35. The van der Waals surface area contributed by atoms with Crippen molar-refractivity contribution in [2.45, 2.75) is 39.0 Å². The fourth-order valence-corrected chi connectivity index (χ4v) is 5.32. The zero-order chi connectivity index (χ0) is 15.1. The normalized spacial score (nSPS) is 43.4. The second-order valence-corrected chi connectivity index (χ2v) is 7.26. The van der Waals surface area contributed by atoms with Crippen molar-refractivity contribution in [1.29, 1.82) is 0 Å². The molecule has 0 aliphatic heterocycles. The van der Waals surface area contributed by atoms with Crippen molar-refractivity contribution in [3.8, 4) is 0 Å². The first kappa shape index (κ1) is 15.0. The molecule has 3 aliphatic carbocycles. The van der Waals surface area contributed by atoms with Crippen LogP contribution in [-0.2, 0) is 14.3 Å². The van der Waals surface area contributed by atoms with Crippen molar-refractivity contribution in [1.82, 2.24) is 0 Å². The fourth-order valence-electron chi connectivity index (χ4n) is 5.32. The Bertz CT molecular complexity index is 467. The number of ketones is 2. The maximum atomic E-state index is 13.0. The molecule has 6 unspecified atom stereocenters. The summed E-state index contributed by atoms with van der Waals surface area (Å²) in [5, 5.41) is 0. The molecular formula is C18H26O3. The second-order valence-electron chi connectivity index (χ2n) is 7.26. The van der Waals surface area contributed by atoms with Crippen LogP contribution in [0.1, 0.15) is 39.0 Å². The highest BCUT2D eigenvalue weighted by atomic mass is 16.5. The van der Waals surface area contributed by atoms with E-state index in [2.05, 4.69) is 13.5 Å². The van der Waals surface area contributed by atoms with Crippen molar-refractivity contribution in [3.63, 3.8) is 0 Å². The average Bonchev–Trinajstić information content (AvgIpc) is 2.46. The van der Waals surface area contributed by atoms with Crippen LogP contribution in [0.5, 0.6) is 0 Å². The first-order valence-electron chi connectivity index (χ1n) is 8.31. The smallest absolute Gasteiger partial charge is 0.169 e. The maximum Gasteiger partial charge on any atom is 0.169 e. The molecule has 3 nitrogen and oxygen atoms in total. The molecule has 3 aliphatic rings. The molecule has 0 aromatic rings. The number of carbonyl (C=O) groups is 2. The van der Waals surface area contributed by atoms with Gasteiger partial charge in [-0.15, -0.1) is 0 Å². The summed E-state index contributed by atoms with van der Waals surface area (Å²) < 4.78 is 5.34. The first-order chi connectivity index (χ1) is 10.1. The van der Waals surface area contributed by atoms with Crippen LogP contribution < -0.4 is 0 Å². The average molecular weight is 290 g/mol. The molecule has 0 aromatic carbocycles. The number of carbonyl (C=O) groups excluding carboxylic acids is 2. The summed E-state index contributed by atoms with van der Waals surface area (Å²) in [4.78, 5) is 25.5. The van der Waals surface area contributed by atoms with Gasteiger partial charge in [-0.25, -0.2) is 0 Å². The van der Waals surface area contributed by atoms with Gasteiger partial charge in [-0.2, -0.15) is 0 Å². The van der Waals surface area contributed by atoms with Crippen molar-refractivity contribution >= 4 is 11.6 Å². The zero-order valence-corrected chi connectivity index (χ0v) is 13.1. The van der Waals surface area contributed by atoms with E-state index in [0.29, 0.717) is 29.9 Å². The molecule has 0 aromatic heterocycles. The molecule has 3 saturated carbocycles. The van der Waals surface area contributed by atoms with E-state index in [4.69, 9.17) is 4.74 Å². The predicted octanol–water partition coefficient (Wildman–Crippen LogP) is 3.04. The Morgan fingerprint density at radius 3 is 2.67 bits per heavy atom. The van der Waals surface area contributed by atoms with Gasteiger partial charge in [-0.05, 0) is 48.5 Å². The van der Waals surface area contributed by atoms with Gasteiger partial charge in [0.05, 0.1) is 12.5 Å². The monoisotopic (exact) mass is 290 g/mol. The Balaban J connectivity index is 1.97. The van der Waals surface area contributed by atoms with E-state index in [1.54, 1.807) is 7.11 Å². The van der Waals surface area contributed by atoms with Crippen LogP contribution in [0.4, 0.5) is 0 Å². The van der Waals surface area contributed by atoms with Gasteiger partial charge in [0.15, 0.2) is 5.78 Å².